The Morgan fingerprint density at radius 1 is 1.16 bits per heavy atom. The quantitative estimate of drug-likeness (QED) is 0.744. The van der Waals surface area contributed by atoms with Crippen molar-refractivity contribution >= 4 is 33.4 Å². The first-order valence-electron chi connectivity index (χ1n) is 8.08. The smallest absolute Gasteiger partial charge is 0.255 e. The highest BCUT2D eigenvalue weighted by atomic mass is 79.9. The highest BCUT2D eigenvalue weighted by Gasteiger charge is 2.12. The van der Waals surface area contributed by atoms with Gasteiger partial charge in [-0.15, -0.1) is 0 Å². The molecule has 0 fully saturated rings. The molecule has 2 rings (SSSR count). The molecule has 0 saturated heterocycles. The van der Waals surface area contributed by atoms with Crippen LogP contribution < -0.4 is 5.32 Å². The second kappa shape index (κ2) is 9.34. The van der Waals surface area contributed by atoms with Crippen molar-refractivity contribution < 1.29 is 14.7 Å². The summed E-state index contributed by atoms with van der Waals surface area (Å²) in [6.07, 6.45) is 0.272. The fourth-order valence-electron chi connectivity index (χ4n) is 2.41. The van der Waals surface area contributed by atoms with Crippen molar-refractivity contribution in [3.63, 3.8) is 0 Å². The molecule has 2 aromatic rings. The molecule has 0 unspecified atom stereocenters. The molecule has 0 radical (unpaired) electrons. The van der Waals surface area contributed by atoms with Crippen LogP contribution in [0.2, 0.25) is 0 Å². The number of nitrogens with zero attached hydrogens (tertiary/aromatic N) is 1. The van der Waals surface area contributed by atoms with Gasteiger partial charge in [0.2, 0.25) is 5.91 Å². The van der Waals surface area contributed by atoms with E-state index >= 15 is 0 Å². The van der Waals surface area contributed by atoms with E-state index in [0.29, 0.717) is 24.3 Å². The first-order valence-corrected chi connectivity index (χ1v) is 8.87. The Hall–Kier alpha value is -2.18. The maximum Gasteiger partial charge on any atom is 0.255 e. The van der Waals surface area contributed by atoms with Crippen LogP contribution in [0.15, 0.2) is 53.0 Å². The number of hydrogen-bond acceptors (Lipinski definition) is 3. The lowest BCUT2D eigenvalue weighted by Crippen LogP contribution is -2.34. The van der Waals surface area contributed by atoms with Gasteiger partial charge in [0.15, 0.2) is 0 Å². The van der Waals surface area contributed by atoms with Crippen LogP contribution in [0.5, 0.6) is 0 Å². The lowest BCUT2D eigenvalue weighted by molar-refractivity contribution is -0.130. The zero-order chi connectivity index (χ0) is 18.2. The van der Waals surface area contributed by atoms with Crippen LogP contribution in [-0.4, -0.2) is 41.5 Å². The van der Waals surface area contributed by atoms with Crippen LogP contribution in [0, 0.1) is 0 Å². The van der Waals surface area contributed by atoms with E-state index in [9.17, 15) is 9.59 Å². The molecule has 0 aromatic heterocycles. The Morgan fingerprint density at radius 2 is 1.88 bits per heavy atom. The van der Waals surface area contributed by atoms with Gasteiger partial charge in [0.25, 0.3) is 5.91 Å². The normalized spacial score (nSPS) is 10.4. The van der Waals surface area contributed by atoms with Crippen molar-refractivity contribution in [1.29, 1.82) is 0 Å². The molecule has 0 atom stereocenters. The minimum absolute atomic E-state index is 0.0255. The monoisotopic (exact) mass is 404 g/mol. The van der Waals surface area contributed by atoms with Crippen LogP contribution in [-0.2, 0) is 11.2 Å². The van der Waals surface area contributed by atoms with Gasteiger partial charge in [0.1, 0.15) is 0 Å². The summed E-state index contributed by atoms with van der Waals surface area (Å²) in [5.74, 6) is -0.215. The Morgan fingerprint density at radius 3 is 2.48 bits per heavy atom. The van der Waals surface area contributed by atoms with Crippen LogP contribution in [0.4, 0.5) is 5.69 Å². The summed E-state index contributed by atoms with van der Waals surface area (Å²) in [6.45, 7) is 2.75. The number of aliphatic hydroxyl groups is 1. The third-order valence-electron chi connectivity index (χ3n) is 3.76. The fourth-order valence-corrected chi connectivity index (χ4v) is 2.80. The molecule has 6 heteroatoms. The lowest BCUT2D eigenvalue weighted by Gasteiger charge is -2.19. The summed E-state index contributed by atoms with van der Waals surface area (Å²) in [5.41, 5.74) is 2.10. The van der Waals surface area contributed by atoms with Crippen LogP contribution in [0.1, 0.15) is 22.8 Å². The first-order chi connectivity index (χ1) is 12.0. The van der Waals surface area contributed by atoms with E-state index in [1.54, 1.807) is 35.2 Å². The number of aliphatic hydroxyl groups excluding tert-OH is 1. The van der Waals surface area contributed by atoms with Gasteiger partial charge in [-0.25, -0.2) is 0 Å². The molecule has 2 amide bonds. The Kier molecular flexibility index (Phi) is 7.16. The molecule has 2 N–H and O–H groups in total. The van der Waals surface area contributed by atoms with E-state index in [1.165, 1.54) is 0 Å². The van der Waals surface area contributed by atoms with E-state index in [0.717, 1.165) is 10.0 Å². The summed E-state index contributed by atoms with van der Waals surface area (Å²) in [7, 11) is 0. The Bertz CT molecular complexity index is 732. The van der Waals surface area contributed by atoms with Gasteiger partial charge in [-0.05, 0) is 42.8 Å². The molecule has 2 aromatic carbocycles. The third-order valence-corrected chi connectivity index (χ3v) is 4.25. The SMILES string of the molecule is CCN(CCO)C(=O)Cc1ccc(NC(=O)c2cccc(Br)c2)cc1. The molecule has 5 nitrogen and oxygen atoms in total. The van der Waals surface area contributed by atoms with Crippen molar-refractivity contribution in [3.05, 3.63) is 64.1 Å². The largest absolute Gasteiger partial charge is 0.395 e. The predicted molar refractivity (Wildman–Crippen MR) is 102 cm³/mol. The molecule has 132 valence electrons. The van der Waals surface area contributed by atoms with Crippen LogP contribution in [0.25, 0.3) is 0 Å². The molecule has 25 heavy (non-hydrogen) atoms. The number of hydrogen-bond donors (Lipinski definition) is 2. The standard InChI is InChI=1S/C19H21BrN2O3/c1-2-22(10-11-23)18(24)12-14-6-8-17(9-7-14)21-19(25)15-4-3-5-16(20)13-15/h3-9,13,23H,2,10-12H2,1H3,(H,21,25). The molecule has 0 heterocycles. The fraction of sp³-hybridized carbons (Fsp3) is 0.263. The second-order valence-electron chi connectivity index (χ2n) is 5.54. The van der Waals surface area contributed by atoms with Crippen molar-refractivity contribution in [3.8, 4) is 0 Å². The van der Waals surface area contributed by atoms with Gasteiger partial charge in [-0.1, -0.05) is 34.1 Å². The zero-order valence-corrected chi connectivity index (χ0v) is 15.6. The average molecular weight is 405 g/mol. The molecule has 0 aliphatic carbocycles. The maximum absolute atomic E-state index is 12.2. The number of likely N-dealkylation sites (N-methyl/N-ethyl adjacent to an activating group) is 1. The summed E-state index contributed by atoms with van der Waals surface area (Å²) in [6, 6.07) is 14.4. The van der Waals surface area contributed by atoms with Crippen molar-refractivity contribution in [2.75, 3.05) is 25.0 Å². The highest BCUT2D eigenvalue weighted by molar-refractivity contribution is 9.10. The van der Waals surface area contributed by atoms with E-state index in [1.807, 2.05) is 25.1 Å². The number of amides is 2. The Labute approximate surface area is 155 Å². The number of benzene rings is 2. The third kappa shape index (κ3) is 5.69. The molecular formula is C19H21BrN2O3. The minimum Gasteiger partial charge on any atom is -0.395 e. The maximum atomic E-state index is 12.2. The van der Waals surface area contributed by atoms with E-state index < -0.39 is 0 Å². The van der Waals surface area contributed by atoms with Gasteiger partial charge >= 0.3 is 0 Å². The van der Waals surface area contributed by atoms with Crippen LogP contribution in [0.3, 0.4) is 0 Å². The van der Waals surface area contributed by atoms with Gasteiger partial charge in [0.05, 0.1) is 13.0 Å². The lowest BCUT2D eigenvalue weighted by atomic mass is 10.1. The molecular weight excluding hydrogens is 384 g/mol. The molecule has 0 bridgehead atoms. The van der Waals surface area contributed by atoms with Crippen molar-refractivity contribution in [2.24, 2.45) is 0 Å². The van der Waals surface area contributed by atoms with E-state index in [2.05, 4.69) is 21.2 Å². The summed E-state index contributed by atoms with van der Waals surface area (Å²) >= 11 is 3.35. The number of rotatable bonds is 7. The van der Waals surface area contributed by atoms with E-state index in [4.69, 9.17) is 5.11 Å². The number of nitrogens with one attached hydrogen (secondary N) is 1. The summed E-state index contributed by atoms with van der Waals surface area (Å²) in [5, 5.41) is 11.8. The van der Waals surface area contributed by atoms with Gasteiger partial charge in [0, 0.05) is 28.8 Å². The summed E-state index contributed by atoms with van der Waals surface area (Å²) < 4.78 is 0.845. The number of carbonyl (C=O) groups excluding carboxylic acids is 2. The second-order valence-corrected chi connectivity index (χ2v) is 6.45. The van der Waals surface area contributed by atoms with Crippen LogP contribution >= 0.6 is 15.9 Å². The zero-order valence-electron chi connectivity index (χ0n) is 14.0. The van der Waals surface area contributed by atoms with E-state index in [-0.39, 0.29) is 24.8 Å². The van der Waals surface area contributed by atoms with Gasteiger partial charge < -0.3 is 15.3 Å². The molecule has 0 saturated carbocycles. The van der Waals surface area contributed by atoms with Gasteiger partial charge in [-0.2, -0.15) is 0 Å². The number of anilines is 1. The van der Waals surface area contributed by atoms with Crippen molar-refractivity contribution in [2.45, 2.75) is 13.3 Å². The topological polar surface area (TPSA) is 69.6 Å². The number of halogens is 1. The average Bonchev–Trinajstić information content (AvgIpc) is 2.61. The first kappa shape index (κ1) is 19.1. The van der Waals surface area contributed by atoms with Gasteiger partial charge in [-0.3, -0.25) is 9.59 Å². The number of carbonyl (C=O) groups is 2. The molecule has 0 aliphatic rings. The molecule has 0 spiro atoms. The minimum atomic E-state index is -0.190. The Balaban J connectivity index is 1.97. The van der Waals surface area contributed by atoms with Crippen molar-refractivity contribution in [1.82, 2.24) is 4.90 Å². The molecule has 0 aliphatic heterocycles. The summed E-state index contributed by atoms with van der Waals surface area (Å²) in [4.78, 5) is 26.0. The predicted octanol–water partition coefficient (Wildman–Crippen LogP) is 3.08. The highest BCUT2D eigenvalue weighted by Crippen LogP contribution is 2.15.